The summed E-state index contributed by atoms with van der Waals surface area (Å²) in [5, 5.41) is -19.6. The molecular formula is C17H29F9GeN3Zr. The van der Waals surface area contributed by atoms with E-state index < -0.39 is 69.5 Å². The standard InChI is InChI=1S/C5H5.C3F9Ge.3C3H8N.Zr/c1-2-4-5-3-1;4-1(5,6)13(2(7,8)9)3(10,11)12;3*1-3(2)4;/h1-3H,4H2;;3*3-4H,1-2H3;/q;;3*-1;+3. The Morgan fingerprint density at radius 2 is 1.03 bits per heavy atom. The third-order valence-electron chi connectivity index (χ3n) is 5.17. The van der Waals surface area contributed by atoms with Gasteiger partial charge in [-0.2, -0.15) is 0 Å². The van der Waals surface area contributed by atoms with E-state index in [1.54, 1.807) is 0 Å². The van der Waals surface area contributed by atoms with E-state index in [0.29, 0.717) is 0 Å². The van der Waals surface area contributed by atoms with Crippen LogP contribution in [-0.4, -0.2) is 42.6 Å². The van der Waals surface area contributed by atoms with Crippen LogP contribution in [0.4, 0.5) is 39.5 Å². The first-order valence-electron chi connectivity index (χ1n) is 9.75. The topological polar surface area (TPSA) is 36.1 Å². The molecule has 0 aromatic heterocycles. The van der Waals surface area contributed by atoms with Gasteiger partial charge < -0.3 is 0 Å². The van der Waals surface area contributed by atoms with Crippen LogP contribution in [-0.2, 0) is 17.1 Å². The molecule has 0 atom stereocenters. The molecule has 1 rings (SSSR count). The molecule has 0 fully saturated rings. The van der Waals surface area contributed by atoms with Crippen molar-refractivity contribution in [2.24, 2.45) is 0 Å². The number of rotatable bonds is 8. The summed E-state index contributed by atoms with van der Waals surface area (Å²) in [4.78, 5) is 0. The number of nitrogens with one attached hydrogen (secondary N) is 3. The van der Waals surface area contributed by atoms with Gasteiger partial charge in [0.2, 0.25) is 0 Å². The predicted octanol–water partition coefficient (Wildman–Crippen LogP) is 5.51. The Morgan fingerprint density at radius 3 is 1.23 bits per heavy atom. The Balaban J connectivity index is 4.56. The SMILES string of the molecule is CC(C)[NH][Zr]([NH]C(C)C)([NH]C(C)C)([C]1=CC=CC1)[Ge]([C](F)(F)F)([C](F)(F)F)[C](F)(F)F. The molecule has 0 aromatic rings. The number of hydrogen-bond donors (Lipinski definition) is 3. The molecule has 3 N–H and O–H groups in total. The Hall–Kier alpha value is 0.156. The first kappa shape index (κ1) is 29.2. The van der Waals surface area contributed by atoms with Crippen molar-refractivity contribution in [1.29, 1.82) is 0 Å². The summed E-state index contributed by atoms with van der Waals surface area (Å²) >= 11 is -7.79. The van der Waals surface area contributed by atoms with E-state index >= 15 is 0 Å². The van der Waals surface area contributed by atoms with Crippen LogP contribution in [0.2, 0.25) is 0 Å². The van der Waals surface area contributed by atoms with E-state index in [9.17, 15) is 39.5 Å². The van der Waals surface area contributed by atoms with Gasteiger partial charge >= 0.3 is 179 Å². The van der Waals surface area contributed by atoms with E-state index in [1.807, 2.05) is 0 Å². The zero-order valence-electron chi connectivity index (χ0n) is 18.1. The first-order valence-corrected chi connectivity index (χ1v) is 25.2. The van der Waals surface area contributed by atoms with Crippen molar-refractivity contribution < 1.29 is 56.7 Å². The summed E-state index contributed by atoms with van der Waals surface area (Å²) in [5.41, 5.74) is 0. The second-order valence-electron chi connectivity index (χ2n) is 8.71. The predicted molar refractivity (Wildman–Crippen MR) is 101 cm³/mol. The van der Waals surface area contributed by atoms with Gasteiger partial charge in [-0.15, -0.1) is 0 Å². The van der Waals surface area contributed by atoms with Crippen LogP contribution in [0.1, 0.15) is 48.0 Å². The van der Waals surface area contributed by atoms with Gasteiger partial charge in [0.15, 0.2) is 0 Å². The van der Waals surface area contributed by atoms with Crippen LogP contribution in [0.25, 0.3) is 0 Å². The fourth-order valence-corrected chi connectivity index (χ4v) is 74.9. The number of hydrogen-bond acceptors (Lipinski definition) is 3. The van der Waals surface area contributed by atoms with Gasteiger partial charge in [0.05, 0.1) is 0 Å². The van der Waals surface area contributed by atoms with Crippen LogP contribution in [0.15, 0.2) is 21.5 Å². The third kappa shape index (κ3) is 4.59. The maximum absolute atomic E-state index is 14.6. The molecule has 1 aliphatic carbocycles. The molecule has 31 heavy (non-hydrogen) atoms. The van der Waals surface area contributed by atoms with Crippen molar-refractivity contribution in [2.45, 2.75) is 81.1 Å². The fourth-order valence-electron chi connectivity index (χ4n) is 4.85. The number of alkyl halides is 9. The van der Waals surface area contributed by atoms with Crippen molar-refractivity contribution in [1.82, 2.24) is 9.78 Å². The van der Waals surface area contributed by atoms with E-state index in [4.69, 9.17) is 0 Å². The molecule has 0 bridgehead atoms. The molecule has 0 radical (unpaired) electrons. The first-order chi connectivity index (χ1) is 13.7. The molecule has 0 amide bonds. The van der Waals surface area contributed by atoms with Crippen molar-refractivity contribution >= 4 is 9.48 Å². The summed E-state index contributed by atoms with van der Waals surface area (Å²) in [7, 11) is -9.11. The van der Waals surface area contributed by atoms with Crippen molar-refractivity contribution in [2.75, 3.05) is 0 Å². The summed E-state index contributed by atoms with van der Waals surface area (Å²) in [6.07, 6.45) is 3.06. The molecule has 14 heteroatoms. The minimum atomic E-state index is -9.11. The van der Waals surface area contributed by atoms with Crippen LogP contribution in [0, 0.1) is 0 Å². The average molecular weight is 610 g/mol. The third-order valence-corrected chi connectivity index (χ3v) is 65.6. The molecule has 0 unspecified atom stereocenters. The second-order valence-corrected chi connectivity index (χ2v) is 47.3. The zero-order chi connectivity index (χ0) is 24.7. The summed E-state index contributed by atoms with van der Waals surface area (Å²) < 4.78 is 138. The zero-order valence-corrected chi connectivity index (χ0v) is 22.6. The van der Waals surface area contributed by atoms with Crippen LogP contribution >= 0.6 is 0 Å². The monoisotopic (exact) mass is 610 g/mol. The van der Waals surface area contributed by atoms with Crippen molar-refractivity contribution in [3.8, 4) is 0 Å². The fraction of sp³-hybridized carbons (Fsp3) is 0.765. The van der Waals surface area contributed by atoms with E-state index in [1.165, 1.54) is 53.7 Å². The number of allylic oxidation sites excluding steroid dienone is 4. The number of halogens is 9. The minimum absolute atomic E-state index is 0.431. The van der Waals surface area contributed by atoms with Crippen molar-refractivity contribution in [3.63, 3.8) is 0 Å². The van der Waals surface area contributed by atoms with Crippen LogP contribution in [0.3, 0.4) is 0 Å². The Kier molecular flexibility index (Phi) is 8.54. The Labute approximate surface area is 178 Å². The normalized spacial score (nSPS) is 18.1. The molecule has 183 valence electrons. The molecule has 3 nitrogen and oxygen atoms in total. The summed E-state index contributed by atoms with van der Waals surface area (Å²) in [6, 6.07) is -3.29. The molecule has 1 aliphatic rings. The summed E-state index contributed by atoms with van der Waals surface area (Å²) in [6.45, 7) is 7.56. The quantitative estimate of drug-likeness (QED) is 0.251. The van der Waals surface area contributed by atoms with Gasteiger partial charge in [-0.05, 0) is 0 Å². The molecular weight excluding hydrogens is 581 g/mol. The second kappa shape index (κ2) is 9.07. The van der Waals surface area contributed by atoms with E-state index in [2.05, 4.69) is 9.78 Å². The molecule has 0 aliphatic heterocycles. The molecule has 0 spiro atoms. The van der Waals surface area contributed by atoms with E-state index in [-0.39, 0.29) is 0 Å². The van der Waals surface area contributed by atoms with Gasteiger partial charge in [-0.25, -0.2) is 0 Å². The van der Waals surface area contributed by atoms with Crippen molar-refractivity contribution in [3.05, 3.63) is 21.5 Å². The van der Waals surface area contributed by atoms with E-state index in [0.717, 1.165) is 6.08 Å². The van der Waals surface area contributed by atoms with Crippen LogP contribution in [0.5, 0.6) is 0 Å². The molecule has 0 saturated carbocycles. The Bertz CT molecular complexity index is 644. The van der Waals surface area contributed by atoms with Gasteiger partial charge in [0.1, 0.15) is 0 Å². The summed E-state index contributed by atoms with van der Waals surface area (Å²) in [5.74, 6) is 0. The van der Waals surface area contributed by atoms with Gasteiger partial charge in [-0.3, -0.25) is 0 Å². The maximum atomic E-state index is 14.6. The van der Waals surface area contributed by atoms with Crippen LogP contribution < -0.4 is 9.78 Å². The molecule has 0 heterocycles. The average Bonchev–Trinajstić information content (AvgIpc) is 2.94. The Morgan fingerprint density at radius 1 is 0.710 bits per heavy atom. The van der Waals surface area contributed by atoms with Gasteiger partial charge in [0, 0.05) is 0 Å². The molecule has 0 aromatic carbocycles. The van der Waals surface area contributed by atoms with Gasteiger partial charge in [-0.1, -0.05) is 0 Å². The molecule has 0 saturated heterocycles. The van der Waals surface area contributed by atoms with Gasteiger partial charge in [0.25, 0.3) is 0 Å².